The van der Waals surface area contributed by atoms with Gasteiger partial charge in [-0.2, -0.15) is 0 Å². The van der Waals surface area contributed by atoms with Gasteiger partial charge >= 0.3 is 5.97 Å². The first-order valence-electron chi connectivity index (χ1n) is 8.84. The Morgan fingerprint density at radius 1 is 1.22 bits per heavy atom. The zero-order valence-corrected chi connectivity index (χ0v) is 13.9. The van der Waals surface area contributed by atoms with Crippen LogP contribution >= 0.6 is 0 Å². The van der Waals surface area contributed by atoms with Crippen molar-refractivity contribution in [1.82, 2.24) is 5.32 Å². The number of carbonyl (C=O) groups is 2. The van der Waals surface area contributed by atoms with Crippen LogP contribution in [0.3, 0.4) is 0 Å². The van der Waals surface area contributed by atoms with Gasteiger partial charge in [-0.05, 0) is 43.1 Å². The van der Waals surface area contributed by atoms with Crippen molar-refractivity contribution in [2.45, 2.75) is 52.0 Å². The lowest BCUT2D eigenvalue weighted by atomic mass is 9.76. The summed E-state index contributed by atoms with van der Waals surface area (Å²) in [7, 11) is 0. The lowest BCUT2D eigenvalue weighted by molar-refractivity contribution is -0.142. The first-order valence-corrected chi connectivity index (χ1v) is 8.34. The molecule has 1 atom stereocenters. The molecule has 0 heterocycles. The highest BCUT2D eigenvalue weighted by molar-refractivity contribution is 5.85. The van der Waals surface area contributed by atoms with E-state index in [1.54, 1.807) is 0 Å². The van der Waals surface area contributed by atoms with Crippen LogP contribution in [-0.2, 0) is 16.0 Å². The van der Waals surface area contributed by atoms with E-state index in [4.69, 9.17) is 1.37 Å². The van der Waals surface area contributed by atoms with E-state index in [0.29, 0.717) is 5.92 Å². The van der Waals surface area contributed by atoms with E-state index in [0.717, 1.165) is 31.2 Å². The number of carbonyl (C=O) groups excluding carboxylic acids is 1. The number of carboxylic acids is 1. The van der Waals surface area contributed by atoms with E-state index in [1.165, 1.54) is 0 Å². The summed E-state index contributed by atoms with van der Waals surface area (Å²) in [6.45, 7) is 3.83. The topological polar surface area (TPSA) is 66.4 Å². The number of benzene rings is 1. The highest BCUT2D eigenvalue weighted by atomic mass is 16.4. The normalized spacial score (nSPS) is 23.7. The summed E-state index contributed by atoms with van der Waals surface area (Å²) in [5, 5.41) is 12.1. The van der Waals surface area contributed by atoms with Gasteiger partial charge in [0.25, 0.3) is 0 Å². The van der Waals surface area contributed by atoms with E-state index in [2.05, 4.69) is 5.32 Å². The fourth-order valence-electron chi connectivity index (χ4n) is 3.27. The molecule has 2 rings (SSSR count). The molecule has 1 aliphatic carbocycles. The minimum Gasteiger partial charge on any atom is -0.480 e. The lowest BCUT2D eigenvalue weighted by Gasteiger charge is -2.30. The van der Waals surface area contributed by atoms with E-state index in [-0.39, 0.29) is 18.2 Å². The Bertz CT molecular complexity index is 560. The fraction of sp³-hybridized carbons (Fsp3) is 0.579. The first-order chi connectivity index (χ1) is 11.3. The molecular formula is C19H27NO3. The molecule has 0 unspecified atom stereocenters. The number of aliphatic carboxylic acids is 1. The molecule has 1 aliphatic rings. The number of nitrogens with one attached hydrogen (secondary N) is 1. The molecule has 23 heavy (non-hydrogen) atoms. The summed E-state index contributed by atoms with van der Waals surface area (Å²) >= 11 is 0. The second-order valence-corrected chi connectivity index (χ2v) is 6.72. The molecular weight excluding hydrogens is 290 g/mol. The van der Waals surface area contributed by atoms with Gasteiger partial charge in [0.05, 0.1) is 0 Å². The smallest absolute Gasteiger partial charge is 0.326 e. The highest BCUT2D eigenvalue weighted by Gasteiger charge is 2.30. The molecule has 1 aromatic carbocycles. The Morgan fingerprint density at radius 2 is 1.83 bits per heavy atom. The number of amides is 1. The molecule has 0 saturated heterocycles. The van der Waals surface area contributed by atoms with Crippen molar-refractivity contribution in [2.75, 3.05) is 0 Å². The SMILES string of the molecule is [2H]C(C)(C)C1CCC(C(=O)N[C@H](Cc2ccccc2)C(=O)O)CC1. The second-order valence-electron chi connectivity index (χ2n) is 6.72. The van der Waals surface area contributed by atoms with Crippen molar-refractivity contribution >= 4 is 11.9 Å². The minimum absolute atomic E-state index is 0.138. The summed E-state index contributed by atoms with van der Waals surface area (Å²) < 4.78 is 8.12. The molecule has 4 heteroatoms. The monoisotopic (exact) mass is 318 g/mol. The van der Waals surface area contributed by atoms with Gasteiger partial charge in [0.2, 0.25) is 5.91 Å². The molecule has 0 spiro atoms. The maximum Gasteiger partial charge on any atom is 0.326 e. The zero-order valence-electron chi connectivity index (χ0n) is 14.9. The molecule has 1 aromatic rings. The summed E-state index contributed by atoms with van der Waals surface area (Å²) in [5.74, 6) is -1.48. The van der Waals surface area contributed by atoms with Gasteiger partial charge in [0, 0.05) is 13.7 Å². The van der Waals surface area contributed by atoms with Crippen molar-refractivity contribution in [3.63, 3.8) is 0 Å². The Hall–Kier alpha value is -1.84. The number of rotatable bonds is 6. The molecule has 1 saturated carbocycles. The van der Waals surface area contributed by atoms with Gasteiger partial charge in [-0.15, -0.1) is 0 Å². The molecule has 1 fully saturated rings. The summed E-state index contributed by atoms with van der Waals surface area (Å²) in [4.78, 5) is 23.9. The van der Waals surface area contributed by atoms with Gasteiger partial charge in [-0.25, -0.2) is 4.79 Å². The van der Waals surface area contributed by atoms with Crippen LogP contribution in [0.25, 0.3) is 0 Å². The molecule has 0 aliphatic heterocycles. The third-order valence-corrected chi connectivity index (χ3v) is 4.81. The summed E-state index contributed by atoms with van der Waals surface area (Å²) in [6, 6.07) is 8.43. The van der Waals surface area contributed by atoms with Crippen LogP contribution < -0.4 is 5.32 Å². The molecule has 0 radical (unpaired) electrons. The van der Waals surface area contributed by atoms with E-state index < -0.39 is 17.9 Å². The van der Waals surface area contributed by atoms with E-state index in [9.17, 15) is 14.7 Å². The van der Waals surface area contributed by atoms with Crippen LogP contribution in [0.4, 0.5) is 0 Å². The quantitative estimate of drug-likeness (QED) is 0.846. The van der Waals surface area contributed by atoms with Crippen LogP contribution in [0, 0.1) is 17.7 Å². The first kappa shape index (κ1) is 16.0. The molecule has 0 bridgehead atoms. The van der Waals surface area contributed by atoms with Crippen molar-refractivity contribution in [3.8, 4) is 0 Å². The molecule has 2 N–H and O–H groups in total. The third-order valence-electron chi connectivity index (χ3n) is 4.81. The number of carboxylic acid groups (broad SMARTS) is 1. The van der Waals surface area contributed by atoms with Gasteiger partial charge in [-0.1, -0.05) is 44.2 Å². The Labute approximate surface area is 139 Å². The summed E-state index contributed by atoms with van der Waals surface area (Å²) in [6.07, 6.45) is 3.46. The van der Waals surface area contributed by atoms with Crippen LogP contribution in [-0.4, -0.2) is 23.0 Å². The van der Waals surface area contributed by atoms with Crippen molar-refractivity contribution in [2.24, 2.45) is 17.7 Å². The maximum atomic E-state index is 12.4. The van der Waals surface area contributed by atoms with Gasteiger partial charge in [0.15, 0.2) is 0 Å². The Kier molecular flexibility index (Phi) is 5.67. The molecule has 1 amide bonds. The van der Waals surface area contributed by atoms with E-state index in [1.807, 2.05) is 44.2 Å². The van der Waals surface area contributed by atoms with Crippen LogP contribution in [0.5, 0.6) is 0 Å². The van der Waals surface area contributed by atoms with Crippen molar-refractivity contribution in [1.29, 1.82) is 0 Å². The molecule has 0 aromatic heterocycles. The minimum atomic E-state index is -1.01. The maximum absolute atomic E-state index is 12.4. The largest absolute Gasteiger partial charge is 0.480 e. The summed E-state index contributed by atoms with van der Waals surface area (Å²) in [5.41, 5.74) is 0.893. The van der Waals surface area contributed by atoms with Crippen LogP contribution in [0.1, 0.15) is 46.5 Å². The highest BCUT2D eigenvalue weighted by Crippen LogP contribution is 2.33. The lowest BCUT2D eigenvalue weighted by Crippen LogP contribution is -2.45. The number of hydrogen-bond donors (Lipinski definition) is 2. The predicted octanol–water partition coefficient (Wildman–Crippen LogP) is 3.26. The fourth-order valence-corrected chi connectivity index (χ4v) is 3.27. The molecule has 4 nitrogen and oxygen atoms in total. The van der Waals surface area contributed by atoms with Gasteiger partial charge < -0.3 is 10.4 Å². The second kappa shape index (κ2) is 8.14. The average Bonchev–Trinajstić information content (AvgIpc) is 2.54. The van der Waals surface area contributed by atoms with Gasteiger partial charge in [-0.3, -0.25) is 4.79 Å². The van der Waals surface area contributed by atoms with Crippen LogP contribution in [0.15, 0.2) is 30.3 Å². The Balaban J connectivity index is 1.91. The van der Waals surface area contributed by atoms with Crippen molar-refractivity contribution in [3.05, 3.63) is 35.9 Å². The third kappa shape index (κ3) is 5.08. The number of hydrogen-bond acceptors (Lipinski definition) is 2. The van der Waals surface area contributed by atoms with Gasteiger partial charge in [0.1, 0.15) is 6.04 Å². The Morgan fingerprint density at radius 3 is 2.35 bits per heavy atom. The standard InChI is InChI=1S/C19H27NO3/c1-13(2)15-8-10-16(11-9-15)18(21)20-17(19(22)23)12-14-6-4-3-5-7-14/h3-7,13,15-17H,8-12H2,1-2H3,(H,20,21)(H,22,23)/t15?,16?,17-/m1/s1/i13D. The zero-order chi connectivity index (χ0) is 17.7. The average molecular weight is 318 g/mol. The van der Waals surface area contributed by atoms with Crippen LogP contribution in [0.2, 0.25) is 0 Å². The van der Waals surface area contributed by atoms with E-state index >= 15 is 0 Å². The van der Waals surface area contributed by atoms with Crippen molar-refractivity contribution < 1.29 is 16.1 Å². The predicted molar refractivity (Wildman–Crippen MR) is 90.0 cm³/mol. The molecule has 126 valence electrons.